The first-order chi connectivity index (χ1) is 11.1. The van der Waals surface area contributed by atoms with Crippen LogP contribution in [0.5, 0.6) is 5.75 Å². The van der Waals surface area contributed by atoms with Gasteiger partial charge in [-0.05, 0) is 39.0 Å². The second kappa shape index (κ2) is 8.26. The highest BCUT2D eigenvalue weighted by Gasteiger charge is 2.13. The first-order valence-electron chi connectivity index (χ1n) is 7.85. The number of aromatic nitrogens is 1. The van der Waals surface area contributed by atoms with Gasteiger partial charge in [0.1, 0.15) is 11.6 Å². The minimum Gasteiger partial charge on any atom is -0.496 e. The highest BCUT2D eigenvalue weighted by molar-refractivity contribution is 7.15. The van der Waals surface area contributed by atoms with Crippen molar-refractivity contribution < 1.29 is 9.13 Å². The molecule has 0 aliphatic heterocycles. The molecule has 0 radical (unpaired) electrons. The molecule has 2 aromatic rings. The zero-order chi connectivity index (χ0) is 16.8. The van der Waals surface area contributed by atoms with Gasteiger partial charge in [-0.15, -0.1) is 11.3 Å². The van der Waals surface area contributed by atoms with Crippen molar-refractivity contribution >= 4 is 16.5 Å². The molecule has 0 amide bonds. The number of methoxy groups -OCH3 is 1. The second-order valence-electron chi connectivity index (χ2n) is 5.27. The standard InChI is InChI=1S/C17H24FN3OS/c1-5-21(6-2)17-20-11-14(23-17)10-19-12(3)15-9-13(18)7-8-16(15)22-4/h7-9,11-12,19H,5-6,10H2,1-4H3. The molecule has 6 heteroatoms. The highest BCUT2D eigenvalue weighted by Crippen LogP contribution is 2.27. The second-order valence-corrected chi connectivity index (χ2v) is 6.36. The lowest BCUT2D eigenvalue weighted by atomic mass is 10.1. The Kier molecular flexibility index (Phi) is 6.36. The molecule has 1 aromatic heterocycles. The summed E-state index contributed by atoms with van der Waals surface area (Å²) in [4.78, 5) is 7.87. The lowest BCUT2D eigenvalue weighted by molar-refractivity contribution is 0.400. The molecule has 4 nitrogen and oxygen atoms in total. The van der Waals surface area contributed by atoms with Crippen LogP contribution in [0.4, 0.5) is 9.52 Å². The summed E-state index contributed by atoms with van der Waals surface area (Å²) in [6.45, 7) is 8.85. The summed E-state index contributed by atoms with van der Waals surface area (Å²) >= 11 is 1.69. The van der Waals surface area contributed by atoms with E-state index in [0.29, 0.717) is 12.3 Å². The molecule has 1 atom stereocenters. The number of thiazole rings is 1. The van der Waals surface area contributed by atoms with Crippen molar-refractivity contribution in [3.05, 3.63) is 40.7 Å². The fourth-order valence-corrected chi connectivity index (χ4v) is 3.41. The maximum atomic E-state index is 13.5. The van der Waals surface area contributed by atoms with E-state index in [-0.39, 0.29) is 11.9 Å². The van der Waals surface area contributed by atoms with Crippen LogP contribution in [-0.4, -0.2) is 25.2 Å². The normalized spacial score (nSPS) is 12.2. The van der Waals surface area contributed by atoms with Gasteiger partial charge in [-0.3, -0.25) is 0 Å². The van der Waals surface area contributed by atoms with Crippen LogP contribution in [0.3, 0.4) is 0 Å². The van der Waals surface area contributed by atoms with Gasteiger partial charge in [-0.1, -0.05) is 0 Å². The first kappa shape index (κ1) is 17.7. The number of hydrogen-bond acceptors (Lipinski definition) is 5. The van der Waals surface area contributed by atoms with Crippen LogP contribution in [0.25, 0.3) is 0 Å². The number of nitrogens with one attached hydrogen (secondary N) is 1. The van der Waals surface area contributed by atoms with Crippen molar-refractivity contribution in [2.24, 2.45) is 0 Å². The molecule has 1 aromatic carbocycles. The third-order valence-electron chi connectivity index (χ3n) is 3.82. The van der Waals surface area contributed by atoms with E-state index in [1.165, 1.54) is 12.1 Å². The molecular formula is C17H24FN3OS. The molecular weight excluding hydrogens is 313 g/mol. The Morgan fingerprint density at radius 2 is 2.09 bits per heavy atom. The van der Waals surface area contributed by atoms with Gasteiger partial charge in [0, 0.05) is 42.3 Å². The summed E-state index contributed by atoms with van der Waals surface area (Å²) < 4.78 is 18.8. The topological polar surface area (TPSA) is 37.4 Å². The van der Waals surface area contributed by atoms with Crippen molar-refractivity contribution in [3.8, 4) is 5.75 Å². The number of rotatable bonds is 8. The summed E-state index contributed by atoms with van der Waals surface area (Å²) in [6.07, 6.45) is 1.90. The summed E-state index contributed by atoms with van der Waals surface area (Å²) in [5, 5.41) is 4.45. The molecule has 1 heterocycles. The van der Waals surface area contributed by atoms with Gasteiger partial charge in [0.05, 0.1) is 7.11 Å². The predicted octanol–water partition coefficient (Wildman–Crippen LogP) is 3.99. The molecule has 0 saturated carbocycles. The SMILES string of the molecule is CCN(CC)c1ncc(CNC(C)c2cc(F)ccc2OC)s1. The van der Waals surface area contributed by atoms with Gasteiger partial charge < -0.3 is 15.0 Å². The van der Waals surface area contributed by atoms with Gasteiger partial charge >= 0.3 is 0 Å². The van der Waals surface area contributed by atoms with Crippen molar-refractivity contribution in [2.45, 2.75) is 33.4 Å². The summed E-state index contributed by atoms with van der Waals surface area (Å²) in [5.41, 5.74) is 0.820. The molecule has 0 spiro atoms. The van der Waals surface area contributed by atoms with Gasteiger partial charge in [0.15, 0.2) is 5.13 Å². The maximum absolute atomic E-state index is 13.5. The van der Waals surface area contributed by atoms with Gasteiger partial charge in [0.2, 0.25) is 0 Å². The quantitative estimate of drug-likeness (QED) is 0.790. The van der Waals surface area contributed by atoms with Gasteiger partial charge in [0.25, 0.3) is 0 Å². The van der Waals surface area contributed by atoms with Crippen molar-refractivity contribution in [3.63, 3.8) is 0 Å². The largest absolute Gasteiger partial charge is 0.496 e. The van der Waals surface area contributed by atoms with Crippen LogP contribution in [0, 0.1) is 5.82 Å². The zero-order valence-electron chi connectivity index (χ0n) is 14.1. The molecule has 0 fully saturated rings. The molecule has 126 valence electrons. The Hall–Kier alpha value is -1.66. The van der Waals surface area contributed by atoms with Gasteiger partial charge in [-0.25, -0.2) is 9.37 Å². The van der Waals surface area contributed by atoms with E-state index in [2.05, 4.69) is 29.0 Å². The fourth-order valence-electron chi connectivity index (χ4n) is 2.43. The first-order valence-corrected chi connectivity index (χ1v) is 8.67. The van der Waals surface area contributed by atoms with E-state index >= 15 is 0 Å². The Morgan fingerprint density at radius 3 is 2.74 bits per heavy atom. The average molecular weight is 337 g/mol. The molecule has 2 rings (SSSR count). The summed E-state index contributed by atoms with van der Waals surface area (Å²) in [7, 11) is 1.60. The zero-order valence-corrected chi connectivity index (χ0v) is 14.9. The molecule has 0 bridgehead atoms. The van der Waals surface area contributed by atoms with Crippen molar-refractivity contribution in [1.29, 1.82) is 0 Å². The predicted molar refractivity (Wildman–Crippen MR) is 93.9 cm³/mol. The third kappa shape index (κ3) is 4.42. The molecule has 0 saturated heterocycles. The monoisotopic (exact) mass is 337 g/mol. The molecule has 0 aliphatic carbocycles. The smallest absolute Gasteiger partial charge is 0.185 e. The maximum Gasteiger partial charge on any atom is 0.185 e. The fraction of sp³-hybridized carbons (Fsp3) is 0.471. The average Bonchev–Trinajstić information content (AvgIpc) is 3.02. The number of nitrogens with zero attached hydrogens (tertiary/aromatic N) is 2. The van der Waals surface area contributed by atoms with Gasteiger partial charge in [-0.2, -0.15) is 0 Å². The Balaban J connectivity index is 2.02. The van der Waals surface area contributed by atoms with Crippen LogP contribution in [0.15, 0.2) is 24.4 Å². The van der Waals surface area contributed by atoms with E-state index < -0.39 is 0 Å². The summed E-state index contributed by atoms with van der Waals surface area (Å²) in [5.74, 6) is 0.440. The van der Waals surface area contributed by atoms with Crippen LogP contribution in [0.2, 0.25) is 0 Å². The molecule has 1 N–H and O–H groups in total. The number of anilines is 1. The third-order valence-corrected chi connectivity index (χ3v) is 4.87. The van der Waals surface area contributed by atoms with E-state index in [9.17, 15) is 4.39 Å². The Bertz CT molecular complexity index is 628. The minimum atomic E-state index is -0.254. The number of hydrogen-bond donors (Lipinski definition) is 1. The van der Waals surface area contributed by atoms with E-state index in [1.807, 2.05) is 13.1 Å². The van der Waals surface area contributed by atoms with Crippen LogP contribution in [0.1, 0.15) is 37.3 Å². The Labute approximate surface area is 141 Å². The van der Waals surface area contributed by atoms with E-state index in [0.717, 1.165) is 28.7 Å². The van der Waals surface area contributed by atoms with E-state index in [1.54, 1.807) is 24.5 Å². The lowest BCUT2D eigenvalue weighted by Gasteiger charge is -2.17. The van der Waals surface area contributed by atoms with Crippen molar-refractivity contribution in [2.75, 3.05) is 25.1 Å². The van der Waals surface area contributed by atoms with Crippen molar-refractivity contribution in [1.82, 2.24) is 10.3 Å². The number of benzene rings is 1. The molecule has 0 aliphatic rings. The van der Waals surface area contributed by atoms with Crippen LogP contribution >= 0.6 is 11.3 Å². The number of ether oxygens (including phenoxy) is 1. The highest BCUT2D eigenvalue weighted by atomic mass is 32.1. The summed E-state index contributed by atoms with van der Waals surface area (Å²) in [6, 6.07) is 4.58. The van der Waals surface area contributed by atoms with Crippen LogP contribution < -0.4 is 15.0 Å². The van der Waals surface area contributed by atoms with E-state index in [4.69, 9.17) is 4.74 Å². The Morgan fingerprint density at radius 1 is 1.35 bits per heavy atom. The molecule has 23 heavy (non-hydrogen) atoms. The minimum absolute atomic E-state index is 0.0142. The lowest BCUT2D eigenvalue weighted by Crippen LogP contribution is -2.21. The molecule has 1 unspecified atom stereocenters. The number of halogens is 1. The van der Waals surface area contributed by atoms with Crippen LogP contribution in [-0.2, 0) is 6.54 Å².